The first-order valence-corrected chi connectivity index (χ1v) is 10.2. The van der Waals surface area contributed by atoms with Crippen LogP contribution in [0, 0.1) is 11.3 Å². The van der Waals surface area contributed by atoms with E-state index in [9.17, 15) is 0 Å². The van der Waals surface area contributed by atoms with E-state index >= 15 is 0 Å². The molecule has 1 saturated carbocycles. The Kier molecular flexibility index (Phi) is 11.1. The standard InChI is InChI=1S/C20H41N3O2/c1-6-21-19(22-14-10-18(17(3)4)25-7-2)23-16-20(13-15-24-5)11-8-9-12-20/h17-18H,6-16H2,1-5H3,(H2,21,22,23). The van der Waals surface area contributed by atoms with Crippen molar-refractivity contribution in [3.63, 3.8) is 0 Å². The van der Waals surface area contributed by atoms with Crippen LogP contribution < -0.4 is 10.6 Å². The zero-order chi connectivity index (χ0) is 18.5. The van der Waals surface area contributed by atoms with Crippen molar-refractivity contribution >= 4 is 5.96 Å². The monoisotopic (exact) mass is 355 g/mol. The van der Waals surface area contributed by atoms with E-state index in [1.54, 1.807) is 7.11 Å². The Hall–Kier alpha value is -0.810. The van der Waals surface area contributed by atoms with Crippen LogP contribution in [0.2, 0.25) is 0 Å². The van der Waals surface area contributed by atoms with E-state index in [-0.39, 0.29) is 0 Å². The van der Waals surface area contributed by atoms with Crippen LogP contribution >= 0.6 is 0 Å². The highest BCUT2D eigenvalue weighted by molar-refractivity contribution is 5.79. The van der Waals surface area contributed by atoms with Crippen LogP contribution in [0.3, 0.4) is 0 Å². The highest BCUT2D eigenvalue weighted by Crippen LogP contribution is 2.41. The second kappa shape index (κ2) is 12.5. The van der Waals surface area contributed by atoms with E-state index in [4.69, 9.17) is 14.5 Å². The molecule has 1 aliphatic carbocycles. The van der Waals surface area contributed by atoms with Gasteiger partial charge in [-0.05, 0) is 50.9 Å². The Balaban J connectivity index is 2.54. The highest BCUT2D eigenvalue weighted by Gasteiger charge is 2.33. The molecule has 0 aromatic rings. The predicted molar refractivity (Wildman–Crippen MR) is 106 cm³/mol. The summed E-state index contributed by atoms with van der Waals surface area (Å²) in [6.45, 7) is 12.9. The molecule has 0 aliphatic heterocycles. The van der Waals surface area contributed by atoms with Crippen molar-refractivity contribution in [3.8, 4) is 0 Å². The molecule has 1 unspecified atom stereocenters. The van der Waals surface area contributed by atoms with Gasteiger partial charge in [0.1, 0.15) is 0 Å². The minimum atomic E-state index is 0.309. The Morgan fingerprint density at radius 1 is 1.16 bits per heavy atom. The third-order valence-electron chi connectivity index (χ3n) is 5.26. The third kappa shape index (κ3) is 8.41. The number of methoxy groups -OCH3 is 1. The Bertz CT molecular complexity index is 366. The summed E-state index contributed by atoms with van der Waals surface area (Å²) in [5.41, 5.74) is 0.337. The van der Waals surface area contributed by atoms with E-state index in [2.05, 4.69) is 38.3 Å². The molecule has 2 N–H and O–H groups in total. The Labute approximate surface area is 155 Å². The molecule has 0 saturated heterocycles. The van der Waals surface area contributed by atoms with Gasteiger partial charge in [0, 0.05) is 40.0 Å². The number of nitrogens with one attached hydrogen (secondary N) is 2. The molecule has 0 radical (unpaired) electrons. The van der Waals surface area contributed by atoms with Crippen molar-refractivity contribution in [2.45, 2.75) is 72.3 Å². The van der Waals surface area contributed by atoms with E-state index < -0.39 is 0 Å². The van der Waals surface area contributed by atoms with E-state index in [1.165, 1.54) is 25.7 Å². The normalized spacial score (nSPS) is 18.6. The summed E-state index contributed by atoms with van der Waals surface area (Å²) in [6.07, 6.45) is 7.64. The lowest BCUT2D eigenvalue weighted by atomic mass is 9.83. The van der Waals surface area contributed by atoms with E-state index in [1.807, 2.05) is 0 Å². The van der Waals surface area contributed by atoms with Crippen molar-refractivity contribution in [2.75, 3.05) is 40.0 Å². The maximum Gasteiger partial charge on any atom is 0.191 e. The molecule has 0 amide bonds. The van der Waals surface area contributed by atoms with Crippen molar-refractivity contribution in [1.82, 2.24) is 10.6 Å². The minimum absolute atomic E-state index is 0.309. The number of hydrogen-bond donors (Lipinski definition) is 2. The molecule has 0 aromatic carbocycles. The summed E-state index contributed by atoms with van der Waals surface area (Å²) in [6, 6.07) is 0. The lowest BCUT2D eigenvalue weighted by Crippen LogP contribution is -2.40. The molecule has 1 rings (SSSR count). The lowest BCUT2D eigenvalue weighted by Gasteiger charge is -2.27. The Morgan fingerprint density at radius 2 is 1.88 bits per heavy atom. The summed E-state index contributed by atoms with van der Waals surface area (Å²) in [7, 11) is 1.79. The summed E-state index contributed by atoms with van der Waals surface area (Å²) < 4.78 is 11.2. The topological polar surface area (TPSA) is 54.9 Å². The lowest BCUT2D eigenvalue weighted by molar-refractivity contribution is 0.0258. The molecule has 5 nitrogen and oxygen atoms in total. The van der Waals surface area contributed by atoms with Crippen LogP contribution in [0.1, 0.15) is 66.2 Å². The van der Waals surface area contributed by atoms with Gasteiger partial charge in [-0.15, -0.1) is 0 Å². The molecule has 25 heavy (non-hydrogen) atoms. The van der Waals surface area contributed by atoms with Crippen molar-refractivity contribution in [3.05, 3.63) is 0 Å². The fourth-order valence-electron chi connectivity index (χ4n) is 3.68. The molecule has 1 fully saturated rings. The van der Waals surface area contributed by atoms with Crippen molar-refractivity contribution in [2.24, 2.45) is 16.3 Å². The molecule has 1 atom stereocenters. The summed E-state index contributed by atoms with van der Waals surface area (Å²) in [5, 5.41) is 6.87. The number of guanidine groups is 1. The smallest absolute Gasteiger partial charge is 0.191 e. The van der Waals surface area contributed by atoms with E-state index in [0.717, 1.165) is 51.6 Å². The maximum absolute atomic E-state index is 5.83. The SMILES string of the molecule is CCNC(=NCC1(CCOC)CCCC1)NCCC(OCC)C(C)C. The average Bonchev–Trinajstić information content (AvgIpc) is 3.06. The minimum Gasteiger partial charge on any atom is -0.385 e. The van der Waals surface area contributed by atoms with Crippen LogP contribution in [0.4, 0.5) is 0 Å². The molecular weight excluding hydrogens is 314 g/mol. The zero-order valence-electron chi connectivity index (χ0n) is 17.2. The third-order valence-corrected chi connectivity index (χ3v) is 5.26. The first-order valence-electron chi connectivity index (χ1n) is 10.2. The molecule has 148 valence electrons. The van der Waals surface area contributed by atoms with Gasteiger partial charge in [0.15, 0.2) is 5.96 Å². The molecule has 0 spiro atoms. The fraction of sp³-hybridized carbons (Fsp3) is 0.950. The van der Waals surface area contributed by atoms with Gasteiger partial charge in [-0.1, -0.05) is 26.7 Å². The highest BCUT2D eigenvalue weighted by atomic mass is 16.5. The predicted octanol–water partition coefficient (Wildman–Crippen LogP) is 3.59. The van der Waals surface area contributed by atoms with Gasteiger partial charge in [0.05, 0.1) is 6.10 Å². The first kappa shape index (κ1) is 22.2. The molecule has 0 bridgehead atoms. The second-order valence-corrected chi connectivity index (χ2v) is 7.60. The van der Waals surface area contributed by atoms with Gasteiger partial charge >= 0.3 is 0 Å². The number of hydrogen-bond acceptors (Lipinski definition) is 3. The van der Waals surface area contributed by atoms with Crippen LogP contribution in [-0.4, -0.2) is 52.0 Å². The fourth-order valence-corrected chi connectivity index (χ4v) is 3.68. The van der Waals surface area contributed by atoms with Gasteiger partial charge in [0.25, 0.3) is 0 Å². The molecule has 5 heteroatoms. The zero-order valence-corrected chi connectivity index (χ0v) is 17.2. The van der Waals surface area contributed by atoms with Gasteiger partial charge in [0.2, 0.25) is 0 Å². The summed E-state index contributed by atoms with van der Waals surface area (Å²) in [5.74, 6) is 1.47. The molecular formula is C20H41N3O2. The maximum atomic E-state index is 5.83. The van der Waals surface area contributed by atoms with Crippen LogP contribution in [0.15, 0.2) is 4.99 Å². The largest absolute Gasteiger partial charge is 0.385 e. The Morgan fingerprint density at radius 3 is 2.44 bits per heavy atom. The number of aliphatic imine (C=N–C) groups is 1. The quantitative estimate of drug-likeness (QED) is 0.415. The summed E-state index contributed by atoms with van der Waals surface area (Å²) in [4.78, 5) is 4.91. The van der Waals surface area contributed by atoms with Gasteiger partial charge < -0.3 is 20.1 Å². The number of rotatable bonds is 12. The van der Waals surface area contributed by atoms with Crippen LogP contribution in [0.25, 0.3) is 0 Å². The number of nitrogens with zero attached hydrogens (tertiary/aromatic N) is 1. The molecule has 0 heterocycles. The summed E-state index contributed by atoms with van der Waals surface area (Å²) >= 11 is 0. The molecule has 1 aliphatic rings. The first-order chi connectivity index (χ1) is 12.1. The van der Waals surface area contributed by atoms with Gasteiger partial charge in [-0.25, -0.2) is 0 Å². The molecule has 0 aromatic heterocycles. The second-order valence-electron chi connectivity index (χ2n) is 7.60. The van der Waals surface area contributed by atoms with Crippen molar-refractivity contribution in [1.29, 1.82) is 0 Å². The van der Waals surface area contributed by atoms with Crippen LogP contribution in [0.5, 0.6) is 0 Å². The van der Waals surface area contributed by atoms with Crippen molar-refractivity contribution < 1.29 is 9.47 Å². The average molecular weight is 356 g/mol. The van der Waals surface area contributed by atoms with Crippen LogP contribution in [-0.2, 0) is 9.47 Å². The number of ether oxygens (including phenoxy) is 2. The van der Waals surface area contributed by atoms with Gasteiger partial charge in [-0.2, -0.15) is 0 Å². The van der Waals surface area contributed by atoms with Gasteiger partial charge in [-0.3, -0.25) is 4.99 Å². The van der Waals surface area contributed by atoms with E-state index in [0.29, 0.717) is 17.4 Å².